The lowest BCUT2D eigenvalue weighted by Crippen LogP contribution is -2.49. The maximum atomic E-state index is 12.0. The van der Waals surface area contributed by atoms with E-state index in [9.17, 15) is 9.59 Å². The number of nitrogens with zero attached hydrogens (tertiary/aromatic N) is 2. The quantitative estimate of drug-likeness (QED) is 0.721. The number of carboxylic acids is 1. The van der Waals surface area contributed by atoms with E-state index in [1.807, 2.05) is 11.9 Å². The molecule has 0 saturated carbocycles. The first-order chi connectivity index (χ1) is 8.74. The van der Waals surface area contributed by atoms with Gasteiger partial charge in [-0.15, -0.1) is 11.8 Å². The highest BCUT2D eigenvalue weighted by Gasteiger charge is 2.33. The van der Waals surface area contributed by atoms with Crippen LogP contribution in [0.1, 0.15) is 13.8 Å². The Hall–Kier alpha value is -0.790. The van der Waals surface area contributed by atoms with Gasteiger partial charge >= 0.3 is 5.97 Å². The van der Waals surface area contributed by atoms with E-state index in [1.165, 1.54) is 11.8 Å². The number of thioether (sulfide) groups is 1. The zero-order valence-electron chi connectivity index (χ0n) is 11.8. The molecule has 1 fully saturated rings. The molecule has 7 heteroatoms. The number of hydrogen-bond donors (Lipinski definition) is 2. The van der Waals surface area contributed by atoms with Gasteiger partial charge < -0.3 is 20.6 Å². The van der Waals surface area contributed by atoms with Crippen molar-refractivity contribution in [3.8, 4) is 0 Å². The number of hydrogen-bond acceptors (Lipinski definition) is 5. The maximum Gasteiger partial charge on any atom is 0.321 e. The van der Waals surface area contributed by atoms with Crippen LogP contribution in [-0.2, 0) is 9.59 Å². The highest BCUT2D eigenvalue weighted by Crippen LogP contribution is 2.27. The molecule has 19 heavy (non-hydrogen) atoms. The van der Waals surface area contributed by atoms with E-state index < -0.39 is 16.8 Å². The van der Waals surface area contributed by atoms with Crippen molar-refractivity contribution in [1.29, 1.82) is 0 Å². The van der Waals surface area contributed by atoms with Crippen molar-refractivity contribution >= 4 is 23.6 Å². The molecule has 1 aliphatic heterocycles. The van der Waals surface area contributed by atoms with E-state index in [0.717, 1.165) is 26.2 Å². The first-order valence-electron chi connectivity index (χ1n) is 6.32. The number of aliphatic carboxylic acids is 1. The van der Waals surface area contributed by atoms with Crippen molar-refractivity contribution in [3.05, 3.63) is 0 Å². The normalized spacial score (nSPS) is 19.3. The highest BCUT2D eigenvalue weighted by molar-refractivity contribution is 8.01. The molecule has 0 aliphatic carbocycles. The van der Waals surface area contributed by atoms with Gasteiger partial charge in [0.2, 0.25) is 5.91 Å². The summed E-state index contributed by atoms with van der Waals surface area (Å²) in [5, 5.41) is 8.92. The Morgan fingerprint density at radius 2 is 1.84 bits per heavy atom. The molecule has 0 radical (unpaired) electrons. The SMILES string of the molecule is CN1CCN(C(=O)CSC(C)(C)[C@@H](N)C(=O)O)CC1. The number of carbonyl (C=O) groups is 2. The minimum atomic E-state index is -1.04. The second kappa shape index (κ2) is 6.58. The minimum Gasteiger partial charge on any atom is -0.480 e. The van der Waals surface area contributed by atoms with Gasteiger partial charge in [0, 0.05) is 30.9 Å². The van der Waals surface area contributed by atoms with Crippen LogP contribution in [0.3, 0.4) is 0 Å². The summed E-state index contributed by atoms with van der Waals surface area (Å²) >= 11 is 1.31. The molecular formula is C12H23N3O3S. The number of piperazine rings is 1. The number of amides is 1. The number of nitrogens with two attached hydrogens (primary N) is 1. The van der Waals surface area contributed by atoms with Crippen LogP contribution in [0.15, 0.2) is 0 Å². The summed E-state index contributed by atoms with van der Waals surface area (Å²) in [5.74, 6) is -0.703. The van der Waals surface area contributed by atoms with Crippen LogP contribution in [0, 0.1) is 0 Å². The molecule has 0 aromatic rings. The molecule has 0 bridgehead atoms. The number of carbonyl (C=O) groups excluding carboxylic acids is 1. The van der Waals surface area contributed by atoms with Crippen molar-refractivity contribution in [1.82, 2.24) is 9.80 Å². The first kappa shape index (κ1) is 16.3. The number of carboxylic acid groups (broad SMARTS) is 1. The van der Waals surface area contributed by atoms with E-state index in [0.29, 0.717) is 0 Å². The number of likely N-dealkylation sites (N-methyl/N-ethyl adjacent to an activating group) is 1. The Balaban J connectivity index is 2.43. The third-order valence-electron chi connectivity index (χ3n) is 3.44. The fraction of sp³-hybridized carbons (Fsp3) is 0.833. The molecule has 0 aromatic heterocycles. The van der Waals surface area contributed by atoms with Crippen LogP contribution in [-0.4, -0.2) is 76.6 Å². The van der Waals surface area contributed by atoms with Crippen molar-refractivity contribution < 1.29 is 14.7 Å². The Morgan fingerprint density at radius 1 is 1.32 bits per heavy atom. The molecule has 1 heterocycles. The number of rotatable bonds is 5. The van der Waals surface area contributed by atoms with Gasteiger partial charge in [-0.3, -0.25) is 9.59 Å². The van der Waals surface area contributed by atoms with Gasteiger partial charge in [-0.1, -0.05) is 0 Å². The van der Waals surface area contributed by atoms with Gasteiger partial charge in [-0.2, -0.15) is 0 Å². The highest BCUT2D eigenvalue weighted by atomic mass is 32.2. The Morgan fingerprint density at radius 3 is 2.32 bits per heavy atom. The molecule has 0 unspecified atom stereocenters. The molecule has 3 N–H and O–H groups in total. The molecule has 0 aromatic carbocycles. The average Bonchev–Trinajstić information content (AvgIpc) is 2.35. The van der Waals surface area contributed by atoms with Crippen LogP contribution >= 0.6 is 11.8 Å². The smallest absolute Gasteiger partial charge is 0.321 e. The van der Waals surface area contributed by atoms with Gasteiger partial charge in [-0.05, 0) is 20.9 Å². The van der Waals surface area contributed by atoms with E-state index in [1.54, 1.807) is 13.8 Å². The monoisotopic (exact) mass is 289 g/mol. The molecule has 0 spiro atoms. The summed E-state index contributed by atoms with van der Waals surface area (Å²) < 4.78 is -0.659. The van der Waals surface area contributed by atoms with E-state index >= 15 is 0 Å². The summed E-state index contributed by atoms with van der Waals surface area (Å²) in [5.41, 5.74) is 5.63. The summed E-state index contributed by atoms with van der Waals surface area (Å²) in [6.07, 6.45) is 0. The summed E-state index contributed by atoms with van der Waals surface area (Å²) in [7, 11) is 2.03. The van der Waals surface area contributed by atoms with Crippen molar-refractivity contribution in [3.63, 3.8) is 0 Å². The molecule has 1 atom stereocenters. The molecule has 1 rings (SSSR count). The largest absolute Gasteiger partial charge is 0.480 e. The summed E-state index contributed by atoms with van der Waals surface area (Å²) in [6.45, 7) is 6.76. The Kier molecular flexibility index (Phi) is 5.64. The first-order valence-corrected chi connectivity index (χ1v) is 7.31. The van der Waals surface area contributed by atoms with Crippen molar-refractivity contribution in [2.45, 2.75) is 24.6 Å². The fourth-order valence-electron chi connectivity index (χ4n) is 1.78. The van der Waals surface area contributed by atoms with E-state index in [2.05, 4.69) is 4.90 Å². The molecule has 1 saturated heterocycles. The second-order valence-corrected chi connectivity index (χ2v) is 7.02. The average molecular weight is 289 g/mol. The fourth-order valence-corrected chi connectivity index (χ4v) is 2.74. The van der Waals surface area contributed by atoms with Crippen molar-refractivity contribution in [2.75, 3.05) is 39.0 Å². The Labute approximate surface area is 118 Å². The van der Waals surface area contributed by atoms with Gasteiger partial charge in [0.15, 0.2) is 0 Å². The predicted molar refractivity (Wildman–Crippen MR) is 76.2 cm³/mol. The third-order valence-corrected chi connectivity index (χ3v) is 4.83. The van der Waals surface area contributed by atoms with E-state index in [4.69, 9.17) is 10.8 Å². The summed E-state index contributed by atoms with van der Waals surface area (Å²) in [6, 6.07) is -0.974. The van der Waals surface area contributed by atoms with Gasteiger partial charge in [0.25, 0.3) is 0 Å². The zero-order chi connectivity index (χ0) is 14.6. The van der Waals surface area contributed by atoms with Crippen molar-refractivity contribution in [2.24, 2.45) is 5.73 Å². The maximum absolute atomic E-state index is 12.0. The van der Waals surface area contributed by atoms with Gasteiger partial charge in [-0.25, -0.2) is 0 Å². The second-order valence-electron chi connectivity index (χ2n) is 5.39. The van der Waals surface area contributed by atoms with E-state index in [-0.39, 0.29) is 11.7 Å². The lowest BCUT2D eigenvalue weighted by atomic mass is 10.1. The van der Waals surface area contributed by atoms with Crippen LogP contribution in [0.2, 0.25) is 0 Å². The van der Waals surface area contributed by atoms with Gasteiger partial charge in [0.05, 0.1) is 5.75 Å². The summed E-state index contributed by atoms with van der Waals surface area (Å²) in [4.78, 5) is 26.9. The topological polar surface area (TPSA) is 86.9 Å². The lowest BCUT2D eigenvalue weighted by molar-refractivity contribution is -0.139. The van der Waals surface area contributed by atoms with Crippen LogP contribution in [0.4, 0.5) is 0 Å². The lowest BCUT2D eigenvalue weighted by Gasteiger charge is -2.34. The third kappa shape index (κ3) is 4.67. The van der Waals surface area contributed by atoms with Crippen LogP contribution < -0.4 is 5.73 Å². The minimum absolute atomic E-state index is 0.0590. The van der Waals surface area contributed by atoms with Crippen LogP contribution in [0.5, 0.6) is 0 Å². The molecular weight excluding hydrogens is 266 g/mol. The predicted octanol–water partition coefficient (Wildman–Crippen LogP) is -0.316. The molecule has 1 amide bonds. The molecule has 6 nitrogen and oxygen atoms in total. The standard InChI is InChI=1S/C12H23N3O3S/c1-12(2,10(13)11(17)18)19-8-9(16)15-6-4-14(3)5-7-15/h10H,4-8,13H2,1-3H3,(H,17,18)/t10-/m0/s1. The molecule has 110 valence electrons. The Bertz CT molecular complexity index is 341. The van der Waals surface area contributed by atoms with Crippen LogP contribution in [0.25, 0.3) is 0 Å². The zero-order valence-corrected chi connectivity index (χ0v) is 12.6. The molecule has 1 aliphatic rings. The van der Waals surface area contributed by atoms with Gasteiger partial charge in [0.1, 0.15) is 6.04 Å².